The molecule has 0 rings (SSSR count). The molecule has 0 saturated carbocycles. The molecule has 0 aromatic heterocycles. The van der Waals surface area contributed by atoms with Crippen LogP contribution in [-0.2, 0) is 14.3 Å². The van der Waals surface area contributed by atoms with E-state index >= 15 is 0 Å². The molecule has 0 bridgehead atoms. The summed E-state index contributed by atoms with van der Waals surface area (Å²) in [4.78, 5) is 21.3. The second kappa shape index (κ2) is 13.3. The molecule has 1 amide bonds. The molecule has 4 heteroatoms. The van der Waals surface area contributed by atoms with Crippen molar-refractivity contribution in [1.82, 2.24) is 5.32 Å². The van der Waals surface area contributed by atoms with Crippen molar-refractivity contribution < 1.29 is 14.3 Å². The molecule has 0 aromatic carbocycles. The Morgan fingerprint density at radius 2 is 2.11 bits per heavy atom. The molecule has 0 aliphatic rings. The largest absolute Gasteiger partial charge is 0.381 e. The average molecular weight is 269 g/mol. The first-order valence-corrected chi connectivity index (χ1v) is 7.12. The van der Waals surface area contributed by atoms with Crippen molar-refractivity contribution >= 4 is 12.2 Å². The first-order valence-electron chi connectivity index (χ1n) is 7.12. The minimum atomic E-state index is -0.0806. The predicted molar refractivity (Wildman–Crippen MR) is 77.0 cm³/mol. The number of allylic oxidation sites excluding steroid dienone is 1. The van der Waals surface area contributed by atoms with Crippen LogP contribution in [0.3, 0.4) is 0 Å². The maximum Gasteiger partial charge on any atom is 0.220 e. The van der Waals surface area contributed by atoms with E-state index in [1.165, 1.54) is 19.3 Å². The summed E-state index contributed by atoms with van der Waals surface area (Å²) >= 11 is 0. The number of methoxy groups -OCH3 is 1. The Morgan fingerprint density at radius 3 is 2.74 bits per heavy atom. The Kier molecular flexibility index (Phi) is 12.5. The Hall–Kier alpha value is -1.16. The molecule has 0 fully saturated rings. The van der Waals surface area contributed by atoms with Crippen LogP contribution in [-0.4, -0.2) is 32.0 Å². The van der Waals surface area contributed by atoms with Gasteiger partial charge in [0.15, 0.2) is 0 Å². The summed E-state index contributed by atoms with van der Waals surface area (Å²) in [6, 6.07) is 0. The lowest BCUT2D eigenvalue weighted by molar-refractivity contribution is -0.122. The Bertz CT molecular complexity index is 264. The van der Waals surface area contributed by atoms with E-state index in [-0.39, 0.29) is 18.6 Å². The third kappa shape index (κ3) is 11.7. The third-order valence-corrected chi connectivity index (χ3v) is 2.95. The zero-order chi connectivity index (χ0) is 14.3. The molecule has 0 saturated heterocycles. The van der Waals surface area contributed by atoms with Crippen molar-refractivity contribution in [3.63, 3.8) is 0 Å². The summed E-state index contributed by atoms with van der Waals surface area (Å²) in [7, 11) is 1.75. The van der Waals surface area contributed by atoms with Gasteiger partial charge < -0.3 is 14.8 Å². The van der Waals surface area contributed by atoms with E-state index in [9.17, 15) is 9.59 Å². The highest BCUT2D eigenvalue weighted by Crippen LogP contribution is 2.10. The lowest BCUT2D eigenvalue weighted by Crippen LogP contribution is -2.24. The molecule has 1 N–H and O–H groups in total. The summed E-state index contributed by atoms with van der Waals surface area (Å²) in [5.41, 5.74) is 0. The maximum atomic E-state index is 11.2. The fourth-order valence-electron chi connectivity index (χ4n) is 1.78. The number of rotatable bonds is 12. The summed E-state index contributed by atoms with van der Waals surface area (Å²) in [5, 5.41) is 2.51. The van der Waals surface area contributed by atoms with Crippen molar-refractivity contribution in [3.05, 3.63) is 12.2 Å². The second-order valence-corrected chi connectivity index (χ2v) is 4.57. The lowest BCUT2D eigenvalue weighted by atomic mass is 10.1. The summed E-state index contributed by atoms with van der Waals surface area (Å²) in [6.07, 6.45) is 11.9. The summed E-state index contributed by atoms with van der Waals surface area (Å²) in [6.45, 7) is 2.29. The minimum absolute atomic E-state index is 0.0806. The number of hydrogen-bond acceptors (Lipinski definition) is 3. The third-order valence-electron chi connectivity index (χ3n) is 2.95. The number of amides is 1. The van der Waals surface area contributed by atoms with Gasteiger partial charge in [0.1, 0.15) is 6.29 Å². The van der Waals surface area contributed by atoms with E-state index in [1.54, 1.807) is 7.11 Å². The smallest absolute Gasteiger partial charge is 0.220 e. The van der Waals surface area contributed by atoms with E-state index in [0.29, 0.717) is 19.1 Å². The van der Waals surface area contributed by atoms with Gasteiger partial charge in [-0.05, 0) is 19.3 Å². The van der Waals surface area contributed by atoms with Gasteiger partial charge in [-0.3, -0.25) is 4.79 Å². The molecular weight excluding hydrogens is 242 g/mol. The van der Waals surface area contributed by atoms with Crippen molar-refractivity contribution in [1.29, 1.82) is 0 Å². The molecule has 0 spiro atoms. The normalized spacial score (nSPS) is 12.5. The first-order chi connectivity index (χ1) is 9.24. The zero-order valence-corrected chi connectivity index (χ0v) is 12.2. The molecule has 0 aromatic rings. The molecular formula is C15H27NO3. The molecule has 110 valence electrons. The van der Waals surface area contributed by atoms with E-state index in [0.717, 1.165) is 12.8 Å². The van der Waals surface area contributed by atoms with Gasteiger partial charge in [0.05, 0.1) is 12.6 Å². The monoisotopic (exact) mass is 269 g/mol. The number of carbonyl (C=O) groups is 2. The van der Waals surface area contributed by atoms with Crippen LogP contribution in [0.2, 0.25) is 0 Å². The van der Waals surface area contributed by atoms with Gasteiger partial charge in [0.25, 0.3) is 0 Å². The van der Waals surface area contributed by atoms with Crippen molar-refractivity contribution in [2.75, 3.05) is 13.7 Å². The number of aldehydes is 1. The molecule has 4 nitrogen and oxygen atoms in total. The van der Waals surface area contributed by atoms with E-state index < -0.39 is 0 Å². The number of carbonyl (C=O) groups excluding carboxylic acids is 2. The highest BCUT2D eigenvalue weighted by molar-refractivity contribution is 5.78. The van der Waals surface area contributed by atoms with E-state index in [4.69, 9.17) is 4.74 Å². The Morgan fingerprint density at radius 1 is 1.32 bits per heavy atom. The van der Waals surface area contributed by atoms with Crippen molar-refractivity contribution in [2.45, 2.75) is 58.0 Å². The second-order valence-electron chi connectivity index (χ2n) is 4.57. The number of unbranched alkanes of at least 4 members (excludes halogenated alkanes) is 2. The van der Waals surface area contributed by atoms with Crippen molar-refractivity contribution in [2.24, 2.45) is 0 Å². The van der Waals surface area contributed by atoms with E-state index in [2.05, 4.69) is 18.3 Å². The van der Waals surface area contributed by atoms with Crippen LogP contribution in [0, 0.1) is 0 Å². The van der Waals surface area contributed by atoms with Gasteiger partial charge in [-0.15, -0.1) is 0 Å². The molecule has 0 aliphatic heterocycles. The van der Waals surface area contributed by atoms with Gasteiger partial charge in [0.2, 0.25) is 5.91 Å². The number of ether oxygens (including phenoxy) is 1. The van der Waals surface area contributed by atoms with E-state index in [1.807, 2.05) is 6.08 Å². The lowest BCUT2D eigenvalue weighted by Gasteiger charge is -2.12. The standard InChI is InChI=1S/C15H27NO3/c1-3-4-6-9-14(19-2)10-7-5-8-11-15(18)16-12-13-17/h5,7,13-14H,3-4,6,8-12H2,1-2H3,(H,16,18)/b7-5+/t14-/m0/s1. The fourth-order valence-corrected chi connectivity index (χ4v) is 1.78. The highest BCUT2D eigenvalue weighted by Gasteiger charge is 2.04. The average Bonchev–Trinajstić information content (AvgIpc) is 2.42. The molecule has 19 heavy (non-hydrogen) atoms. The summed E-state index contributed by atoms with van der Waals surface area (Å²) < 4.78 is 5.41. The molecule has 1 atom stereocenters. The zero-order valence-electron chi connectivity index (χ0n) is 12.2. The topological polar surface area (TPSA) is 55.4 Å². The first kappa shape index (κ1) is 17.8. The number of hydrogen-bond donors (Lipinski definition) is 1. The van der Waals surface area contributed by atoms with Gasteiger partial charge in [-0.1, -0.05) is 38.3 Å². The minimum Gasteiger partial charge on any atom is -0.381 e. The fraction of sp³-hybridized carbons (Fsp3) is 0.733. The molecule has 0 unspecified atom stereocenters. The van der Waals surface area contributed by atoms with Gasteiger partial charge in [-0.25, -0.2) is 0 Å². The van der Waals surface area contributed by atoms with Crippen LogP contribution in [0.5, 0.6) is 0 Å². The van der Waals surface area contributed by atoms with Crippen molar-refractivity contribution in [3.8, 4) is 0 Å². The van der Waals surface area contributed by atoms with Crippen LogP contribution in [0.1, 0.15) is 51.9 Å². The Balaban J connectivity index is 3.63. The number of nitrogens with one attached hydrogen (secondary N) is 1. The quantitative estimate of drug-likeness (QED) is 0.336. The van der Waals surface area contributed by atoms with Gasteiger partial charge in [0, 0.05) is 13.5 Å². The molecule has 0 aliphatic carbocycles. The van der Waals surface area contributed by atoms with Crippen LogP contribution in [0.25, 0.3) is 0 Å². The maximum absolute atomic E-state index is 11.2. The van der Waals surface area contributed by atoms with Crippen LogP contribution >= 0.6 is 0 Å². The Labute approximate surface area is 116 Å². The predicted octanol–water partition coefficient (Wildman–Crippen LogP) is 2.62. The molecule has 0 heterocycles. The summed E-state index contributed by atoms with van der Waals surface area (Å²) in [5.74, 6) is -0.0806. The van der Waals surface area contributed by atoms with Crippen LogP contribution < -0.4 is 5.32 Å². The SMILES string of the molecule is CCCCC[C@@H](C/C=C/CCC(=O)NCC=O)OC. The van der Waals surface area contributed by atoms with Crippen LogP contribution in [0.15, 0.2) is 12.2 Å². The van der Waals surface area contributed by atoms with Crippen LogP contribution in [0.4, 0.5) is 0 Å². The molecule has 0 radical (unpaired) electrons. The highest BCUT2D eigenvalue weighted by atomic mass is 16.5. The van der Waals surface area contributed by atoms with Gasteiger partial charge >= 0.3 is 0 Å². The van der Waals surface area contributed by atoms with Gasteiger partial charge in [-0.2, -0.15) is 0 Å².